The Morgan fingerprint density at radius 2 is 1.88 bits per heavy atom. The van der Waals surface area contributed by atoms with E-state index in [4.69, 9.17) is 10.5 Å². The van der Waals surface area contributed by atoms with Crippen LogP contribution in [0.2, 0.25) is 0 Å². The summed E-state index contributed by atoms with van der Waals surface area (Å²) < 4.78 is 5.23. The van der Waals surface area contributed by atoms with Crippen LogP contribution in [0.25, 0.3) is 5.70 Å². The summed E-state index contributed by atoms with van der Waals surface area (Å²) in [5, 5.41) is 13.2. The lowest BCUT2D eigenvalue weighted by atomic mass is 9.93. The third-order valence-electron chi connectivity index (χ3n) is 3.85. The van der Waals surface area contributed by atoms with Crippen molar-refractivity contribution in [2.75, 3.05) is 6.61 Å². The molecule has 0 radical (unpaired) electrons. The van der Waals surface area contributed by atoms with Crippen molar-refractivity contribution in [1.82, 2.24) is 5.32 Å². The highest BCUT2D eigenvalue weighted by Crippen LogP contribution is 2.38. The minimum atomic E-state index is -0.753. The van der Waals surface area contributed by atoms with Crippen molar-refractivity contribution in [3.8, 4) is 5.75 Å². The van der Waals surface area contributed by atoms with E-state index in [1.165, 1.54) is 0 Å². The van der Waals surface area contributed by atoms with Gasteiger partial charge < -0.3 is 20.9 Å². The largest absolute Gasteiger partial charge is 0.508 e. The molecular formula is C19H19N3O3. The number of esters is 1. The number of nitrogens with zero attached hydrogens (tertiary/aromatic N) is 1. The van der Waals surface area contributed by atoms with Gasteiger partial charge in [0.1, 0.15) is 11.8 Å². The number of guanidine groups is 1. The zero-order valence-corrected chi connectivity index (χ0v) is 13.8. The van der Waals surface area contributed by atoms with Gasteiger partial charge >= 0.3 is 5.97 Å². The third kappa shape index (κ3) is 3.33. The van der Waals surface area contributed by atoms with Gasteiger partial charge in [-0.1, -0.05) is 48.5 Å². The van der Waals surface area contributed by atoms with Gasteiger partial charge in [0.05, 0.1) is 17.9 Å². The molecule has 0 saturated carbocycles. The molecular weight excluding hydrogens is 318 g/mol. The first-order valence-electron chi connectivity index (χ1n) is 7.96. The quantitative estimate of drug-likeness (QED) is 0.744. The fourth-order valence-electron chi connectivity index (χ4n) is 2.77. The van der Waals surface area contributed by atoms with Gasteiger partial charge in [-0.2, -0.15) is 0 Å². The summed E-state index contributed by atoms with van der Waals surface area (Å²) in [6, 6.07) is 15.3. The van der Waals surface area contributed by atoms with Crippen LogP contribution >= 0.6 is 0 Å². The zero-order chi connectivity index (χ0) is 17.8. The van der Waals surface area contributed by atoms with E-state index in [0.29, 0.717) is 16.8 Å². The Morgan fingerprint density at radius 3 is 2.56 bits per heavy atom. The third-order valence-corrected chi connectivity index (χ3v) is 3.85. The van der Waals surface area contributed by atoms with Crippen LogP contribution in [0.3, 0.4) is 0 Å². The molecule has 2 aromatic rings. The normalized spacial score (nSPS) is 16.8. The minimum Gasteiger partial charge on any atom is -0.508 e. The summed E-state index contributed by atoms with van der Waals surface area (Å²) in [5.74, 6) is -0.293. The maximum atomic E-state index is 12.7. The van der Waals surface area contributed by atoms with Crippen LogP contribution in [0, 0.1) is 0 Å². The SMILES string of the molecule is CCOC(=O)C1=C(c2ccccc2)NC(N)=NC1c1ccccc1O. The van der Waals surface area contributed by atoms with Crippen molar-refractivity contribution in [1.29, 1.82) is 0 Å². The highest BCUT2D eigenvalue weighted by Gasteiger charge is 2.33. The van der Waals surface area contributed by atoms with Crippen LogP contribution in [-0.2, 0) is 9.53 Å². The molecule has 1 atom stereocenters. The summed E-state index contributed by atoms with van der Waals surface area (Å²) in [5.41, 5.74) is 8.05. The Bertz CT molecular complexity index is 844. The van der Waals surface area contributed by atoms with Gasteiger partial charge in [-0.15, -0.1) is 0 Å². The summed E-state index contributed by atoms with van der Waals surface area (Å²) in [7, 11) is 0. The molecule has 0 spiro atoms. The molecule has 0 amide bonds. The van der Waals surface area contributed by atoms with Crippen LogP contribution in [0.15, 0.2) is 65.2 Å². The number of para-hydroxylation sites is 1. The second-order valence-corrected chi connectivity index (χ2v) is 5.48. The maximum absolute atomic E-state index is 12.7. The summed E-state index contributed by atoms with van der Waals surface area (Å²) in [4.78, 5) is 17.0. The average Bonchev–Trinajstić information content (AvgIpc) is 2.62. The number of hydrogen-bond donors (Lipinski definition) is 3. The number of nitrogens with one attached hydrogen (secondary N) is 1. The lowest BCUT2D eigenvalue weighted by molar-refractivity contribution is -0.138. The van der Waals surface area contributed by atoms with E-state index in [1.54, 1.807) is 31.2 Å². The monoisotopic (exact) mass is 337 g/mol. The first kappa shape index (κ1) is 16.6. The lowest BCUT2D eigenvalue weighted by Crippen LogP contribution is -2.37. The van der Waals surface area contributed by atoms with Crippen molar-refractivity contribution >= 4 is 17.6 Å². The van der Waals surface area contributed by atoms with Gasteiger partial charge in [0.15, 0.2) is 5.96 Å². The molecule has 1 aliphatic heterocycles. The molecule has 0 bridgehead atoms. The number of rotatable bonds is 4. The predicted molar refractivity (Wildman–Crippen MR) is 95.6 cm³/mol. The number of hydrogen-bond acceptors (Lipinski definition) is 6. The molecule has 1 heterocycles. The van der Waals surface area contributed by atoms with Crippen LogP contribution < -0.4 is 11.1 Å². The molecule has 1 unspecified atom stereocenters. The fourth-order valence-corrected chi connectivity index (χ4v) is 2.77. The second-order valence-electron chi connectivity index (χ2n) is 5.48. The van der Waals surface area contributed by atoms with E-state index in [1.807, 2.05) is 30.3 Å². The van der Waals surface area contributed by atoms with Crippen LogP contribution in [-0.4, -0.2) is 23.6 Å². The van der Waals surface area contributed by atoms with E-state index in [0.717, 1.165) is 5.56 Å². The molecule has 0 aliphatic carbocycles. The van der Waals surface area contributed by atoms with Crippen molar-refractivity contribution in [2.24, 2.45) is 10.7 Å². The Kier molecular flexibility index (Phi) is 4.70. The molecule has 6 heteroatoms. The fraction of sp³-hybridized carbons (Fsp3) is 0.158. The summed E-state index contributed by atoms with van der Waals surface area (Å²) >= 11 is 0. The zero-order valence-electron chi connectivity index (χ0n) is 13.8. The Hall–Kier alpha value is -3.28. The molecule has 6 nitrogen and oxygen atoms in total. The van der Waals surface area contributed by atoms with Gasteiger partial charge in [0.25, 0.3) is 0 Å². The van der Waals surface area contributed by atoms with Gasteiger partial charge in [0.2, 0.25) is 0 Å². The first-order chi connectivity index (χ1) is 12.1. The Balaban J connectivity index is 2.20. The van der Waals surface area contributed by atoms with Gasteiger partial charge in [0, 0.05) is 5.56 Å². The summed E-state index contributed by atoms with van der Waals surface area (Å²) in [6.45, 7) is 1.97. The van der Waals surface area contributed by atoms with E-state index in [2.05, 4.69) is 10.3 Å². The van der Waals surface area contributed by atoms with E-state index in [-0.39, 0.29) is 18.3 Å². The number of phenolic OH excluding ortho intramolecular Hbond substituents is 1. The number of benzene rings is 2. The number of nitrogens with two attached hydrogens (primary N) is 1. The number of ether oxygens (including phenoxy) is 1. The van der Waals surface area contributed by atoms with E-state index in [9.17, 15) is 9.90 Å². The molecule has 3 rings (SSSR count). The minimum absolute atomic E-state index is 0.0418. The standard InChI is InChI=1S/C19H19N3O3/c1-2-25-18(24)15-16(12-8-4-3-5-9-12)21-19(20)22-17(15)13-10-6-7-11-14(13)23/h3-11,17,23H,2H2,1H3,(H3,20,21,22). The predicted octanol–water partition coefficient (Wildman–Crippen LogP) is 2.33. The number of carbonyl (C=O) groups excluding carboxylic acids is 1. The number of carbonyl (C=O) groups is 1. The number of aromatic hydroxyl groups is 1. The Morgan fingerprint density at radius 1 is 1.20 bits per heavy atom. The smallest absolute Gasteiger partial charge is 0.338 e. The van der Waals surface area contributed by atoms with Crippen molar-refractivity contribution < 1.29 is 14.6 Å². The van der Waals surface area contributed by atoms with Gasteiger partial charge in [-0.05, 0) is 18.6 Å². The molecule has 25 heavy (non-hydrogen) atoms. The van der Waals surface area contributed by atoms with Gasteiger partial charge in [-0.3, -0.25) is 0 Å². The first-order valence-corrected chi connectivity index (χ1v) is 7.96. The van der Waals surface area contributed by atoms with E-state index >= 15 is 0 Å². The molecule has 1 aliphatic rings. The molecule has 0 saturated heterocycles. The lowest BCUT2D eigenvalue weighted by Gasteiger charge is -2.26. The second kappa shape index (κ2) is 7.09. The van der Waals surface area contributed by atoms with Gasteiger partial charge in [-0.25, -0.2) is 9.79 Å². The van der Waals surface area contributed by atoms with E-state index < -0.39 is 12.0 Å². The van der Waals surface area contributed by atoms with Crippen LogP contribution in [0.5, 0.6) is 5.75 Å². The highest BCUT2D eigenvalue weighted by atomic mass is 16.5. The summed E-state index contributed by atoms with van der Waals surface area (Å²) in [6.07, 6.45) is 0. The van der Waals surface area contributed by atoms with Crippen molar-refractivity contribution in [3.63, 3.8) is 0 Å². The molecule has 0 aromatic heterocycles. The molecule has 128 valence electrons. The molecule has 2 aromatic carbocycles. The van der Waals surface area contributed by atoms with Crippen molar-refractivity contribution in [3.05, 3.63) is 71.3 Å². The highest BCUT2D eigenvalue weighted by molar-refractivity contribution is 6.04. The average molecular weight is 337 g/mol. The van der Waals surface area contributed by atoms with Crippen LogP contribution in [0.1, 0.15) is 24.1 Å². The molecule has 4 N–H and O–H groups in total. The maximum Gasteiger partial charge on any atom is 0.338 e. The van der Waals surface area contributed by atoms with Crippen molar-refractivity contribution in [2.45, 2.75) is 13.0 Å². The topological polar surface area (TPSA) is 96.9 Å². The Labute approximate surface area is 145 Å². The van der Waals surface area contributed by atoms with Crippen LogP contribution in [0.4, 0.5) is 0 Å². The number of aliphatic imine (C=N–C) groups is 1. The number of phenols is 1. The molecule has 0 fully saturated rings.